The van der Waals surface area contributed by atoms with Crippen molar-refractivity contribution in [3.8, 4) is 17.6 Å². The van der Waals surface area contributed by atoms with Crippen LogP contribution in [0.4, 0.5) is 5.69 Å². The fourth-order valence-electron chi connectivity index (χ4n) is 2.69. The summed E-state index contributed by atoms with van der Waals surface area (Å²) in [6.45, 7) is 8.09. The highest BCUT2D eigenvalue weighted by atomic mass is 35.5. The van der Waals surface area contributed by atoms with Crippen LogP contribution in [-0.4, -0.2) is 21.3 Å². The summed E-state index contributed by atoms with van der Waals surface area (Å²) in [6, 6.07) is 12.5. The summed E-state index contributed by atoms with van der Waals surface area (Å²) in [4.78, 5) is -0.452. The van der Waals surface area contributed by atoms with E-state index >= 15 is 0 Å². The van der Waals surface area contributed by atoms with Crippen molar-refractivity contribution in [2.45, 2.75) is 38.6 Å². The molecule has 2 aromatic carbocycles. The van der Waals surface area contributed by atoms with Gasteiger partial charge in [0.2, 0.25) is 16.6 Å². The quantitative estimate of drug-likeness (QED) is 0.602. The summed E-state index contributed by atoms with van der Waals surface area (Å²) >= 11 is 5.89. The standard InChI is InChI=1S/C22H24ClN3O4S/c1-14(22(2,3)4)25-21(26-16-7-10-18-19(11-16)30-13-29-18)20(12-24)31(27,28)17-8-5-15(23)6-9-17/h5-11,14,25-26H,13H2,1-4H3/b21-20-. The Hall–Kier alpha value is -2.89. The molecule has 164 valence electrons. The lowest BCUT2D eigenvalue weighted by molar-refractivity contribution is 0.174. The summed E-state index contributed by atoms with van der Waals surface area (Å²) in [7, 11) is -4.11. The third-order valence-electron chi connectivity index (χ3n) is 5.02. The van der Waals surface area contributed by atoms with Gasteiger partial charge >= 0.3 is 0 Å². The number of halogens is 1. The lowest BCUT2D eigenvalue weighted by Crippen LogP contribution is -2.40. The van der Waals surface area contributed by atoms with Crippen LogP contribution in [0.25, 0.3) is 0 Å². The first-order chi connectivity index (χ1) is 14.5. The predicted octanol–water partition coefficient (Wildman–Crippen LogP) is 4.67. The van der Waals surface area contributed by atoms with Crippen molar-refractivity contribution in [2.75, 3.05) is 12.1 Å². The molecule has 0 saturated heterocycles. The zero-order chi connectivity index (χ0) is 22.8. The Bertz CT molecular complexity index is 1150. The normalized spacial score (nSPS) is 15.0. The second kappa shape index (κ2) is 8.69. The zero-order valence-corrected chi connectivity index (χ0v) is 19.3. The van der Waals surface area contributed by atoms with Crippen LogP contribution in [0.3, 0.4) is 0 Å². The van der Waals surface area contributed by atoms with E-state index in [0.717, 1.165) is 0 Å². The number of benzene rings is 2. The fourth-order valence-corrected chi connectivity index (χ4v) is 4.05. The molecule has 1 aliphatic heterocycles. The van der Waals surface area contributed by atoms with E-state index in [0.29, 0.717) is 22.2 Å². The Labute approximate surface area is 187 Å². The molecule has 0 fully saturated rings. The first-order valence-electron chi connectivity index (χ1n) is 9.60. The number of anilines is 1. The maximum Gasteiger partial charge on any atom is 0.231 e. The van der Waals surface area contributed by atoms with Crippen molar-refractivity contribution in [3.05, 3.63) is 58.2 Å². The smallest absolute Gasteiger partial charge is 0.231 e. The molecule has 0 aliphatic carbocycles. The molecule has 1 unspecified atom stereocenters. The zero-order valence-electron chi connectivity index (χ0n) is 17.7. The van der Waals surface area contributed by atoms with E-state index in [4.69, 9.17) is 21.1 Å². The lowest BCUT2D eigenvalue weighted by Gasteiger charge is -2.30. The fraction of sp³-hybridized carbons (Fsp3) is 0.318. The SMILES string of the molecule is CC(N/C(Nc1ccc2c(c1)OCO2)=C(\C#N)S(=O)(=O)c1ccc(Cl)cc1)C(C)(C)C. The third-order valence-corrected chi connectivity index (χ3v) is 7.00. The van der Waals surface area contributed by atoms with Crippen molar-refractivity contribution in [2.24, 2.45) is 5.41 Å². The van der Waals surface area contributed by atoms with Crippen LogP contribution in [0.2, 0.25) is 5.02 Å². The number of nitrogens with zero attached hydrogens (tertiary/aromatic N) is 1. The molecule has 0 bridgehead atoms. The van der Waals surface area contributed by atoms with Crippen molar-refractivity contribution in [3.63, 3.8) is 0 Å². The number of fused-ring (bicyclic) bond motifs is 1. The van der Waals surface area contributed by atoms with Gasteiger partial charge in [-0.05, 0) is 48.7 Å². The van der Waals surface area contributed by atoms with Crippen LogP contribution < -0.4 is 20.1 Å². The second-order valence-corrected chi connectivity index (χ2v) is 10.5. The van der Waals surface area contributed by atoms with E-state index in [-0.39, 0.29) is 29.0 Å². The van der Waals surface area contributed by atoms with Gasteiger partial charge in [0.25, 0.3) is 0 Å². The summed E-state index contributed by atoms with van der Waals surface area (Å²) < 4.78 is 37.3. The van der Waals surface area contributed by atoms with Gasteiger partial charge in [0, 0.05) is 22.8 Å². The molecular weight excluding hydrogens is 438 g/mol. The molecule has 0 spiro atoms. The molecule has 0 radical (unpaired) electrons. The molecule has 31 heavy (non-hydrogen) atoms. The Kier molecular flexibility index (Phi) is 6.39. The average Bonchev–Trinajstić information content (AvgIpc) is 3.15. The second-order valence-electron chi connectivity index (χ2n) is 8.20. The van der Waals surface area contributed by atoms with Crippen LogP contribution in [0, 0.1) is 16.7 Å². The van der Waals surface area contributed by atoms with E-state index in [1.54, 1.807) is 18.2 Å². The summed E-state index contributed by atoms with van der Waals surface area (Å²) in [5.74, 6) is 1.22. The average molecular weight is 462 g/mol. The highest BCUT2D eigenvalue weighted by molar-refractivity contribution is 7.95. The predicted molar refractivity (Wildman–Crippen MR) is 120 cm³/mol. The Morgan fingerprint density at radius 3 is 2.39 bits per heavy atom. The van der Waals surface area contributed by atoms with Crippen LogP contribution >= 0.6 is 11.6 Å². The van der Waals surface area contributed by atoms with Gasteiger partial charge in [0.1, 0.15) is 11.9 Å². The maximum atomic E-state index is 13.3. The Morgan fingerprint density at radius 2 is 1.77 bits per heavy atom. The summed E-state index contributed by atoms with van der Waals surface area (Å²) in [5, 5.41) is 16.5. The van der Waals surface area contributed by atoms with Crippen LogP contribution in [-0.2, 0) is 9.84 Å². The van der Waals surface area contributed by atoms with Gasteiger partial charge in [0.05, 0.1) is 4.90 Å². The van der Waals surface area contributed by atoms with Gasteiger partial charge < -0.3 is 20.1 Å². The van der Waals surface area contributed by atoms with Gasteiger partial charge in [-0.3, -0.25) is 0 Å². The maximum absolute atomic E-state index is 13.3. The van der Waals surface area contributed by atoms with Crippen molar-refractivity contribution >= 4 is 27.1 Å². The first-order valence-corrected chi connectivity index (χ1v) is 11.5. The number of rotatable bonds is 6. The van der Waals surface area contributed by atoms with Gasteiger partial charge in [-0.2, -0.15) is 5.26 Å². The van der Waals surface area contributed by atoms with E-state index in [1.165, 1.54) is 24.3 Å². The number of nitrogens with one attached hydrogen (secondary N) is 2. The number of hydrogen-bond donors (Lipinski definition) is 2. The van der Waals surface area contributed by atoms with Crippen molar-refractivity contribution < 1.29 is 17.9 Å². The molecule has 0 amide bonds. The minimum absolute atomic E-state index is 0.0244. The largest absolute Gasteiger partial charge is 0.454 e. The summed E-state index contributed by atoms with van der Waals surface area (Å²) in [6.07, 6.45) is 0. The Morgan fingerprint density at radius 1 is 1.13 bits per heavy atom. The minimum atomic E-state index is -4.11. The number of nitriles is 1. The van der Waals surface area contributed by atoms with E-state index in [1.807, 2.05) is 33.8 Å². The Balaban J connectivity index is 2.09. The van der Waals surface area contributed by atoms with Gasteiger partial charge in [-0.15, -0.1) is 0 Å². The van der Waals surface area contributed by atoms with Crippen molar-refractivity contribution in [1.82, 2.24) is 5.32 Å². The topological polar surface area (TPSA) is 100 Å². The molecule has 0 aromatic heterocycles. The van der Waals surface area contributed by atoms with Gasteiger partial charge in [-0.1, -0.05) is 32.4 Å². The molecule has 2 N–H and O–H groups in total. The summed E-state index contributed by atoms with van der Waals surface area (Å²) in [5.41, 5.74) is 0.346. The van der Waals surface area contributed by atoms with E-state index in [9.17, 15) is 13.7 Å². The van der Waals surface area contributed by atoms with Crippen molar-refractivity contribution in [1.29, 1.82) is 5.26 Å². The first kappa shape index (κ1) is 22.8. The molecule has 9 heteroatoms. The lowest BCUT2D eigenvalue weighted by atomic mass is 9.88. The number of sulfone groups is 1. The van der Waals surface area contributed by atoms with E-state index < -0.39 is 14.7 Å². The molecular formula is C22H24ClN3O4S. The number of allylic oxidation sites excluding steroid dienone is 1. The van der Waals surface area contributed by atoms with Crippen LogP contribution in [0.5, 0.6) is 11.5 Å². The third kappa shape index (κ3) is 5.06. The molecule has 0 saturated carbocycles. The van der Waals surface area contributed by atoms with Crippen LogP contribution in [0.15, 0.2) is 58.1 Å². The number of ether oxygens (including phenoxy) is 2. The highest BCUT2D eigenvalue weighted by Crippen LogP contribution is 2.35. The number of hydrogen-bond acceptors (Lipinski definition) is 7. The molecule has 7 nitrogen and oxygen atoms in total. The minimum Gasteiger partial charge on any atom is -0.454 e. The molecule has 1 heterocycles. The van der Waals surface area contributed by atoms with Crippen LogP contribution in [0.1, 0.15) is 27.7 Å². The monoisotopic (exact) mass is 461 g/mol. The van der Waals surface area contributed by atoms with Gasteiger partial charge in [0.15, 0.2) is 16.4 Å². The molecule has 1 aliphatic rings. The highest BCUT2D eigenvalue weighted by Gasteiger charge is 2.29. The molecule has 3 rings (SSSR count). The molecule has 1 atom stereocenters. The van der Waals surface area contributed by atoms with E-state index in [2.05, 4.69) is 10.6 Å². The van der Waals surface area contributed by atoms with Gasteiger partial charge in [-0.25, -0.2) is 8.42 Å². The molecule has 2 aromatic rings.